The molecule has 1 aromatic rings. The number of carbonyl (C=O) groups excluding carboxylic acids is 2. The molecular formula is C13H11NO2S. The van der Waals surface area contributed by atoms with Crippen LogP contribution in [-0.2, 0) is 9.59 Å². The third-order valence-electron chi connectivity index (χ3n) is 1.79. The molecule has 0 bridgehead atoms. The standard InChI is InChI=1S/C13H11NO2S/c1-11(16)17-8-3-2-5-12-6-4-7-13(9-12)14-10-15/h4,6-7,9H,3,8H2,1H3. The Morgan fingerprint density at radius 1 is 1.47 bits per heavy atom. The fourth-order valence-electron chi connectivity index (χ4n) is 1.12. The molecule has 0 radical (unpaired) electrons. The third-order valence-corrected chi connectivity index (χ3v) is 2.60. The summed E-state index contributed by atoms with van der Waals surface area (Å²) in [7, 11) is 0. The number of thioether (sulfide) groups is 1. The van der Waals surface area contributed by atoms with Gasteiger partial charge in [0.15, 0.2) is 5.12 Å². The monoisotopic (exact) mass is 245 g/mol. The second kappa shape index (κ2) is 7.45. The maximum Gasteiger partial charge on any atom is 0.240 e. The molecule has 0 spiro atoms. The minimum absolute atomic E-state index is 0.106. The van der Waals surface area contributed by atoms with Crippen LogP contribution < -0.4 is 0 Å². The Morgan fingerprint density at radius 3 is 3.00 bits per heavy atom. The third kappa shape index (κ3) is 5.72. The van der Waals surface area contributed by atoms with Gasteiger partial charge in [0.05, 0.1) is 5.69 Å². The summed E-state index contributed by atoms with van der Waals surface area (Å²) in [5.74, 6) is 6.62. The lowest BCUT2D eigenvalue weighted by Crippen LogP contribution is -1.84. The predicted molar refractivity (Wildman–Crippen MR) is 68.9 cm³/mol. The molecule has 17 heavy (non-hydrogen) atoms. The van der Waals surface area contributed by atoms with Crippen molar-refractivity contribution in [3.05, 3.63) is 29.8 Å². The molecule has 0 saturated carbocycles. The van der Waals surface area contributed by atoms with Crippen LogP contribution in [0.5, 0.6) is 0 Å². The molecule has 0 atom stereocenters. The molecule has 86 valence electrons. The lowest BCUT2D eigenvalue weighted by Gasteiger charge is -1.92. The Balaban J connectivity index is 2.56. The highest BCUT2D eigenvalue weighted by Gasteiger charge is 1.92. The first-order valence-corrected chi connectivity index (χ1v) is 6.01. The van der Waals surface area contributed by atoms with Crippen molar-refractivity contribution in [1.29, 1.82) is 0 Å². The molecule has 0 aliphatic carbocycles. The average molecular weight is 245 g/mol. The van der Waals surface area contributed by atoms with Gasteiger partial charge >= 0.3 is 0 Å². The normalized spacial score (nSPS) is 8.76. The first-order chi connectivity index (χ1) is 8.22. The summed E-state index contributed by atoms with van der Waals surface area (Å²) >= 11 is 1.27. The summed E-state index contributed by atoms with van der Waals surface area (Å²) < 4.78 is 0. The van der Waals surface area contributed by atoms with Crippen molar-refractivity contribution in [1.82, 2.24) is 0 Å². The number of benzene rings is 1. The molecule has 0 N–H and O–H groups in total. The Kier molecular flexibility index (Phi) is 5.81. The molecule has 0 aliphatic rings. The van der Waals surface area contributed by atoms with Crippen LogP contribution in [0, 0.1) is 11.8 Å². The second-order valence-electron chi connectivity index (χ2n) is 3.15. The summed E-state index contributed by atoms with van der Waals surface area (Å²) in [6.45, 7) is 1.54. The summed E-state index contributed by atoms with van der Waals surface area (Å²) in [6.07, 6.45) is 2.14. The number of hydrogen-bond donors (Lipinski definition) is 0. The molecule has 1 rings (SSSR count). The van der Waals surface area contributed by atoms with Gasteiger partial charge in [-0.1, -0.05) is 29.7 Å². The lowest BCUT2D eigenvalue weighted by molar-refractivity contribution is -0.109. The van der Waals surface area contributed by atoms with Crippen LogP contribution in [0.4, 0.5) is 5.69 Å². The molecule has 0 aliphatic heterocycles. The van der Waals surface area contributed by atoms with Gasteiger partial charge in [-0.25, -0.2) is 4.79 Å². The zero-order chi connectivity index (χ0) is 12.5. The topological polar surface area (TPSA) is 46.5 Å². The van der Waals surface area contributed by atoms with Gasteiger partial charge in [0.25, 0.3) is 0 Å². The summed E-state index contributed by atoms with van der Waals surface area (Å²) in [5.41, 5.74) is 1.35. The Morgan fingerprint density at radius 2 is 2.29 bits per heavy atom. The molecule has 4 heteroatoms. The molecule has 0 saturated heterocycles. The maximum absolute atomic E-state index is 10.7. The van der Waals surface area contributed by atoms with Gasteiger partial charge in [-0.05, 0) is 18.2 Å². The average Bonchev–Trinajstić information content (AvgIpc) is 2.29. The highest BCUT2D eigenvalue weighted by atomic mass is 32.2. The van der Waals surface area contributed by atoms with Crippen LogP contribution in [0.25, 0.3) is 0 Å². The minimum Gasteiger partial charge on any atom is -0.288 e. The number of rotatable bonds is 3. The smallest absolute Gasteiger partial charge is 0.240 e. The Hall–Kier alpha value is -1.82. The maximum atomic E-state index is 10.7. The summed E-state index contributed by atoms with van der Waals surface area (Å²) in [6, 6.07) is 7.05. The number of hydrogen-bond acceptors (Lipinski definition) is 4. The van der Waals surface area contributed by atoms with Crippen molar-refractivity contribution in [3.63, 3.8) is 0 Å². The van der Waals surface area contributed by atoms with Gasteiger partial charge in [0, 0.05) is 24.7 Å². The Labute approximate surface area is 104 Å². The number of nitrogens with zero attached hydrogens (tertiary/aromatic N) is 1. The van der Waals surface area contributed by atoms with Gasteiger partial charge in [0.2, 0.25) is 6.08 Å². The quantitative estimate of drug-likeness (QED) is 0.356. The molecule has 0 amide bonds. The van der Waals surface area contributed by atoms with Gasteiger partial charge in [0.1, 0.15) is 0 Å². The number of carbonyl (C=O) groups is 1. The first kappa shape index (κ1) is 13.2. The van der Waals surface area contributed by atoms with Crippen molar-refractivity contribution in [2.75, 3.05) is 5.75 Å². The largest absolute Gasteiger partial charge is 0.288 e. The van der Waals surface area contributed by atoms with E-state index >= 15 is 0 Å². The number of isocyanates is 1. The fourth-order valence-corrected chi connectivity index (χ4v) is 1.61. The van der Waals surface area contributed by atoms with Gasteiger partial charge in [-0.15, -0.1) is 0 Å². The van der Waals surface area contributed by atoms with Crippen molar-refractivity contribution in [3.8, 4) is 11.8 Å². The number of aliphatic imine (C=N–C) groups is 1. The van der Waals surface area contributed by atoms with E-state index in [4.69, 9.17) is 0 Å². The SMILES string of the molecule is CC(=O)SCCC#Cc1cccc(N=C=O)c1. The van der Waals surface area contributed by atoms with E-state index in [1.54, 1.807) is 25.1 Å². The van der Waals surface area contributed by atoms with Crippen molar-refractivity contribution in [2.45, 2.75) is 13.3 Å². The summed E-state index contributed by atoms with van der Waals surface area (Å²) in [4.78, 5) is 24.3. The minimum atomic E-state index is 0.106. The van der Waals surface area contributed by atoms with E-state index in [0.29, 0.717) is 17.9 Å². The van der Waals surface area contributed by atoms with Gasteiger partial charge < -0.3 is 0 Å². The predicted octanol–water partition coefficient (Wildman–Crippen LogP) is 2.68. The molecule has 0 fully saturated rings. The van der Waals surface area contributed by atoms with E-state index in [0.717, 1.165) is 5.56 Å². The van der Waals surface area contributed by atoms with Gasteiger partial charge in [-0.2, -0.15) is 4.99 Å². The van der Waals surface area contributed by atoms with E-state index in [1.165, 1.54) is 17.8 Å². The van der Waals surface area contributed by atoms with Crippen molar-refractivity contribution >= 4 is 28.6 Å². The van der Waals surface area contributed by atoms with Crippen LogP contribution in [0.15, 0.2) is 29.3 Å². The fraction of sp³-hybridized carbons (Fsp3) is 0.231. The van der Waals surface area contributed by atoms with Crippen LogP contribution >= 0.6 is 11.8 Å². The molecule has 1 aromatic carbocycles. The molecule has 3 nitrogen and oxygen atoms in total. The van der Waals surface area contributed by atoms with Gasteiger partial charge in [-0.3, -0.25) is 4.79 Å². The zero-order valence-corrected chi connectivity index (χ0v) is 10.2. The van der Waals surface area contributed by atoms with E-state index in [9.17, 15) is 9.59 Å². The molecular weight excluding hydrogens is 234 g/mol. The van der Waals surface area contributed by atoms with E-state index in [-0.39, 0.29) is 5.12 Å². The van der Waals surface area contributed by atoms with E-state index < -0.39 is 0 Å². The van der Waals surface area contributed by atoms with E-state index in [2.05, 4.69) is 16.8 Å². The molecule has 0 unspecified atom stereocenters. The van der Waals surface area contributed by atoms with Crippen LogP contribution in [0.3, 0.4) is 0 Å². The summed E-state index contributed by atoms with van der Waals surface area (Å²) in [5, 5.41) is 0.106. The lowest BCUT2D eigenvalue weighted by atomic mass is 10.2. The molecule has 0 aromatic heterocycles. The first-order valence-electron chi connectivity index (χ1n) is 5.02. The van der Waals surface area contributed by atoms with Crippen LogP contribution in [-0.4, -0.2) is 16.9 Å². The highest BCUT2D eigenvalue weighted by Crippen LogP contribution is 2.12. The van der Waals surface area contributed by atoms with Crippen molar-refractivity contribution in [2.24, 2.45) is 4.99 Å². The van der Waals surface area contributed by atoms with Crippen LogP contribution in [0.1, 0.15) is 18.9 Å². The molecule has 0 heterocycles. The van der Waals surface area contributed by atoms with Crippen molar-refractivity contribution < 1.29 is 9.59 Å². The zero-order valence-electron chi connectivity index (χ0n) is 9.40. The highest BCUT2D eigenvalue weighted by molar-refractivity contribution is 8.13. The van der Waals surface area contributed by atoms with Crippen LogP contribution in [0.2, 0.25) is 0 Å². The van der Waals surface area contributed by atoms with E-state index in [1.807, 2.05) is 6.07 Å². The second-order valence-corrected chi connectivity index (χ2v) is 4.42. The Bertz CT molecular complexity index is 508.